The van der Waals surface area contributed by atoms with Gasteiger partial charge in [-0.05, 0) is 64.2 Å². The number of halogens is 1. The number of nitrogens with zero attached hydrogens (tertiary/aromatic N) is 1. The highest BCUT2D eigenvalue weighted by Crippen LogP contribution is 2.28. The zero-order valence-corrected chi connectivity index (χ0v) is 15.7. The van der Waals surface area contributed by atoms with Crippen LogP contribution in [0.25, 0.3) is 0 Å². The molecule has 2 aromatic carbocycles. The van der Waals surface area contributed by atoms with Crippen LogP contribution >= 0.6 is 11.3 Å². The number of nitrogens with one attached hydrogen (secondary N) is 1. The van der Waals surface area contributed by atoms with Gasteiger partial charge in [-0.15, -0.1) is 0 Å². The summed E-state index contributed by atoms with van der Waals surface area (Å²) in [6.07, 6.45) is 1.02. The number of carbonyl (C=O) groups excluding carboxylic acids is 1. The maximum Gasteiger partial charge on any atom is 0.251 e. The number of amides is 1. The molecule has 0 saturated heterocycles. The second kappa shape index (κ2) is 8.03. The van der Waals surface area contributed by atoms with E-state index in [1.165, 1.54) is 41.0 Å². The molecule has 1 aliphatic rings. The van der Waals surface area contributed by atoms with Gasteiger partial charge in [0.2, 0.25) is 0 Å². The lowest BCUT2D eigenvalue weighted by Gasteiger charge is -2.35. The maximum atomic E-state index is 13.1. The Bertz CT molecular complexity index is 908. The van der Waals surface area contributed by atoms with Crippen LogP contribution in [0, 0.1) is 5.82 Å². The number of hydrogen-bond donors (Lipinski definition) is 1. The first-order chi connectivity index (χ1) is 13.2. The average Bonchev–Trinajstić information content (AvgIpc) is 3.23. The quantitative estimate of drug-likeness (QED) is 0.711. The Balaban J connectivity index is 1.49. The second-order valence-corrected chi connectivity index (χ2v) is 7.56. The van der Waals surface area contributed by atoms with Crippen LogP contribution in [0.3, 0.4) is 0 Å². The van der Waals surface area contributed by atoms with Crippen LogP contribution in [0.1, 0.15) is 33.1 Å². The van der Waals surface area contributed by atoms with Gasteiger partial charge in [-0.3, -0.25) is 9.69 Å². The van der Waals surface area contributed by atoms with Gasteiger partial charge in [-0.25, -0.2) is 4.39 Å². The molecule has 3 nitrogen and oxygen atoms in total. The van der Waals surface area contributed by atoms with Crippen molar-refractivity contribution >= 4 is 17.2 Å². The van der Waals surface area contributed by atoms with Crippen molar-refractivity contribution in [3.8, 4) is 0 Å². The molecule has 0 aliphatic carbocycles. The van der Waals surface area contributed by atoms with Crippen molar-refractivity contribution < 1.29 is 9.18 Å². The first-order valence-electron chi connectivity index (χ1n) is 9.07. The normalized spacial score (nSPS) is 15.1. The van der Waals surface area contributed by atoms with E-state index in [0.29, 0.717) is 12.1 Å². The molecular weight excluding hydrogens is 359 g/mol. The van der Waals surface area contributed by atoms with Crippen molar-refractivity contribution in [2.75, 3.05) is 13.1 Å². The molecule has 1 unspecified atom stereocenters. The average molecular weight is 380 g/mol. The van der Waals surface area contributed by atoms with Crippen molar-refractivity contribution in [2.24, 2.45) is 0 Å². The molecule has 1 aromatic heterocycles. The fourth-order valence-corrected chi connectivity index (χ4v) is 4.31. The van der Waals surface area contributed by atoms with E-state index in [9.17, 15) is 9.18 Å². The first kappa shape index (κ1) is 17.9. The highest BCUT2D eigenvalue weighted by molar-refractivity contribution is 7.07. The third-order valence-corrected chi connectivity index (χ3v) is 5.79. The van der Waals surface area contributed by atoms with E-state index in [1.807, 2.05) is 0 Å². The van der Waals surface area contributed by atoms with Crippen LogP contribution in [0.2, 0.25) is 0 Å². The van der Waals surface area contributed by atoms with Crippen molar-refractivity contribution in [1.82, 2.24) is 10.2 Å². The summed E-state index contributed by atoms with van der Waals surface area (Å²) in [5.74, 6) is -0.512. The molecule has 5 heteroatoms. The van der Waals surface area contributed by atoms with E-state index >= 15 is 0 Å². The van der Waals surface area contributed by atoms with Crippen molar-refractivity contribution in [2.45, 2.75) is 19.0 Å². The number of rotatable bonds is 5. The summed E-state index contributed by atoms with van der Waals surface area (Å²) in [5.41, 5.74) is 4.46. The topological polar surface area (TPSA) is 32.3 Å². The van der Waals surface area contributed by atoms with Crippen LogP contribution in [-0.2, 0) is 13.0 Å². The van der Waals surface area contributed by atoms with Gasteiger partial charge in [0.25, 0.3) is 5.91 Å². The van der Waals surface area contributed by atoms with Crippen molar-refractivity contribution in [3.63, 3.8) is 0 Å². The Morgan fingerprint density at radius 2 is 1.89 bits per heavy atom. The Morgan fingerprint density at radius 1 is 1.11 bits per heavy atom. The molecule has 2 heterocycles. The zero-order chi connectivity index (χ0) is 18.6. The van der Waals surface area contributed by atoms with Crippen LogP contribution in [0.15, 0.2) is 65.4 Å². The summed E-state index contributed by atoms with van der Waals surface area (Å²) in [6, 6.07) is 16.5. The van der Waals surface area contributed by atoms with Gasteiger partial charge < -0.3 is 5.32 Å². The SMILES string of the molecule is O=C(NCC(c1ccsc1)N1CCc2ccccc2C1)c1ccc(F)cc1. The van der Waals surface area contributed by atoms with Crippen molar-refractivity contribution in [1.29, 1.82) is 0 Å². The molecule has 1 amide bonds. The largest absolute Gasteiger partial charge is 0.350 e. The molecule has 0 radical (unpaired) electrons. The third-order valence-electron chi connectivity index (χ3n) is 5.09. The van der Waals surface area contributed by atoms with Crippen LogP contribution in [0.4, 0.5) is 4.39 Å². The lowest BCUT2D eigenvalue weighted by Crippen LogP contribution is -2.40. The molecule has 4 rings (SSSR count). The molecule has 138 valence electrons. The monoisotopic (exact) mass is 380 g/mol. The minimum Gasteiger partial charge on any atom is -0.350 e. The highest BCUT2D eigenvalue weighted by atomic mass is 32.1. The van der Waals surface area contributed by atoms with E-state index in [2.05, 4.69) is 51.3 Å². The predicted molar refractivity (Wildman–Crippen MR) is 106 cm³/mol. The molecule has 1 aliphatic heterocycles. The summed E-state index contributed by atoms with van der Waals surface area (Å²) in [5, 5.41) is 7.25. The van der Waals surface area contributed by atoms with Crippen LogP contribution in [-0.4, -0.2) is 23.9 Å². The lowest BCUT2D eigenvalue weighted by molar-refractivity contribution is 0.0928. The van der Waals surface area contributed by atoms with Gasteiger partial charge in [0.15, 0.2) is 0 Å². The third kappa shape index (κ3) is 4.10. The smallest absolute Gasteiger partial charge is 0.251 e. The molecule has 27 heavy (non-hydrogen) atoms. The minimum absolute atomic E-state index is 0.119. The Kier molecular flexibility index (Phi) is 5.32. The minimum atomic E-state index is -0.338. The summed E-state index contributed by atoms with van der Waals surface area (Å²) in [7, 11) is 0. The van der Waals surface area contributed by atoms with Gasteiger partial charge in [0.1, 0.15) is 5.82 Å². The van der Waals surface area contributed by atoms with Crippen LogP contribution < -0.4 is 5.32 Å². The predicted octanol–water partition coefficient (Wildman–Crippen LogP) is 4.42. The molecule has 0 bridgehead atoms. The van der Waals surface area contributed by atoms with Gasteiger partial charge in [0.05, 0.1) is 6.04 Å². The fraction of sp³-hybridized carbons (Fsp3) is 0.227. The molecule has 0 fully saturated rings. The molecule has 1 N–H and O–H groups in total. The highest BCUT2D eigenvalue weighted by Gasteiger charge is 2.25. The molecular formula is C22H21FN2OS. The number of carbonyl (C=O) groups is 1. The molecule has 3 aromatic rings. The van der Waals surface area contributed by atoms with Gasteiger partial charge in [-0.2, -0.15) is 11.3 Å². The van der Waals surface area contributed by atoms with E-state index in [-0.39, 0.29) is 17.8 Å². The first-order valence-corrected chi connectivity index (χ1v) is 10.0. The van der Waals surface area contributed by atoms with E-state index in [4.69, 9.17) is 0 Å². The number of hydrogen-bond acceptors (Lipinski definition) is 3. The number of thiophene rings is 1. The Hall–Kier alpha value is -2.50. The fourth-order valence-electron chi connectivity index (χ4n) is 3.60. The van der Waals surface area contributed by atoms with Gasteiger partial charge >= 0.3 is 0 Å². The zero-order valence-electron chi connectivity index (χ0n) is 14.9. The van der Waals surface area contributed by atoms with Crippen LogP contribution in [0.5, 0.6) is 0 Å². The second-order valence-electron chi connectivity index (χ2n) is 6.78. The van der Waals surface area contributed by atoms with E-state index < -0.39 is 0 Å². The maximum absolute atomic E-state index is 13.1. The van der Waals surface area contributed by atoms with Gasteiger partial charge in [-0.1, -0.05) is 24.3 Å². The van der Waals surface area contributed by atoms with Crippen molar-refractivity contribution in [3.05, 3.63) is 93.4 Å². The number of fused-ring (bicyclic) bond motifs is 1. The van der Waals surface area contributed by atoms with E-state index in [1.54, 1.807) is 11.3 Å². The molecule has 0 spiro atoms. The van der Waals surface area contributed by atoms with E-state index in [0.717, 1.165) is 19.5 Å². The Morgan fingerprint density at radius 3 is 2.63 bits per heavy atom. The summed E-state index contributed by atoms with van der Waals surface area (Å²) in [6.45, 7) is 2.36. The Labute approximate surface area is 162 Å². The van der Waals surface area contributed by atoms with Gasteiger partial charge in [0, 0.05) is 25.2 Å². The lowest BCUT2D eigenvalue weighted by atomic mass is 9.97. The summed E-state index contributed by atoms with van der Waals surface area (Å²) < 4.78 is 13.1. The summed E-state index contributed by atoms with van der Waals surface area (Å²) in [4.78, 5) is 14.9. The number of benzene rings is 2. The molecule has 1 atom stereocenters. The summed E-state index contributed by atoms with van der Waals surface area (Å²) >= 11 is 1.67. The molecule has 0 saturated carbocycles. The standard InChI is InChI=1S/C22H21FN2OS/c23-20-7-5-17(6-8-20)22(26)24-13-21(19-10-12-27-15-19)25-11-9-16-3-1-2-4-18(16)14-25/h1-8,10,12,15,21H,9,11,13-14H2,(H,24,26).